The average Bonchev–Trinajstić information content (AvgIpc) is 3.19. The van der Waals surface area contributed by atoms with Crippen molar-refractivity contribution in [3.63, 3.8) is 0 Å². The third-order valence-corrected chi connectivity index (χ3v) is 6.63. The van der Waals surface area contributed by atoms with E-state index in [0.717, 1.165) is 43.9 Å². The Bertz CT molecular complexity index is 779. The SMILES string of the molecule is O=C(NC1CCN(c2nc(-c3ccccc3F)cs2)CC1)C1CCCCC1. The number of carbonyl (C=O) groups excluding carboxylic acids is 1. The van der Waals surface area contributed by atoms with E-state index in [1.54, 1.807) is 23.5 Å². The molecule has 0 atom stereocenters. The molecule has 0 bridgehead atoms. The van der Waals surface area contributed by atoms with Crippen LogP contribution < -0.4 is 10.2 Å². The summed E-state index contributed by atoms with van der Waals surface area (Å²) >= 11 is 1.56. The highest BCUT2D eigenvalue weighted by atomic mass is 32.1. The van der Waals surface area contributed by atoms with Gasteiger partial charge in [0.1, 0.15) is 5.82 Å². The molecule has 4 nitrogen and oxygen atoms in total. The highest BCUT2D eigenvalue weighted by molar-refractivity contribution is 7.14. The Kier molecular flexibility index (Phi) is 5.72. The molecule has 1 aliphatic carbocycles. The Balaban J connectivity index is 1.32. The number of aromatic nitrogens is 1. The molecule has 4 rings (SSSR count). The topological polar surface area (TPSA) is 45.2 Å². The lowest BCUT2D eigenvalue weighted by molar-refractivity contribution is -0.126. The Labute approximate surface area is 163 Å². The first kappa shape index (κ1) is 18.4. The molecule has 1 N–H and O–H groups in total. The minimum Gasteiger partial charge on any atom is -0.353 e. The molecule has 1 saturated carbocycles. The molecule has 1 amide bonds. The van der Waals surface area contributed by atoms with Crippen molar-refractivity contribution < 1.29 is 9.18 Å². The lowest BCUT2D eigenvalue weighted by Crippen LogP contribution is -2.46. The number of thiazole rings is 1. The van der Waals surface area contributed by atoms with Gasteiger partial charge in [-0.05, 0) is 37.8 Å². The number of carbonyl (C=O) groups is 1. The first-order chi connectivity index (χ1) is 13.2. The molecule has 6 heteroatoms. The Morgan fingerprint density at radius 3 is 2.59 bits per heavy atom. The second kappa shape index (κ2) is 8.38. The van der Waals surface area contributed by atoms with Crippen molar-refractivity contribution in [2.75, 3.05) is 18.0 Å². The summed E-state index contributed by atoms with van der Waals surface area (Å²) in [6.07, 6.45) is 7.60. The molecule has 0 unspecified atom stereocenters. The van der Waals surface area contributed by atoms with Gasteiger partial charge in [-0.25, -0.2) is 9.37 Å². The number of hydrogen-bond donors (Lipinski definition) is 1. The maximum Gasteiger partial charge on any atom is 0.223 e. The van der Waals surface area contributed by atoms with E-state index in [1.807, 2.05) is 11.4 Å². The zero-order valence-corrected chi connectivity index (χ0v) is 16.3. The molecule has 1 aromatic heterocycles. The molecule has 0 radical (unpaired) electrons. The fourth-order valence-corrected chi connectivity index (χ4v) is 4.98. The third kappa shape index (κ3) is 4.32. The Morgan fingerprint density at radius 2 is 1.85 bits per heavy atom. The largest absolute Gasteiger partial charge is 0.353 e. The average molecular weight is 388 g/mol. The van der Waals surface area contributed by atoms with Gasteiger partial charge in [-0.2, -0.15) is 0 Å². The van der Waals surface area contributed by atoms with Crippen LogP contribution in [0.15, 0.2) is 29.6 Å². The highest BCUT2D eigenvalue weighted by Crippen LogP contribution is 2.30. The molecule has 1 aromatic carbocycles. The van der Waals surface area contributed by atoms with Crippen molar-refractivity contribution in [2.24, 2.45) is 5.92 Å². The van der Waals surface area contributed by atoms with E-state index in [1.165, 1.54) is 25.3 Å². The minimum absolute atomic E-state index is 0.221. The molecule has 144 valence electrons. The van der Waals surface area contributed by atoms with Crippen molar-refractivity contribution >= 4 is 22.4 Å². The van der Waals surface area contributed by atoms with Crippen LogP contribution in [0.25, 0.3) is 11.3 Å². The molecular weight excluding hydrogens is 361 g/mol. The molecule has 2 heterocycles. The molecule has 2 aliphatic rings. The highest BCUT2D eigenvalue weighted by Gasteiger charge is 2.26. The van der Waals surface area contributed by atoms with Crippen LogP contribution in [0.2, 0.25) is 0 Å². The summed E-state index contributed by atoms with van der Waals surface area (Å²) in [5.74, 6) is 0.238. The molecule has 2 aromatic rings. The molecule has 1 saturated heterocycles. The smallest absolute Gasteiger partial charge is 0.223 e. The fraction of sp³-hybridized carbons (Fsp3) is 0.524. The molecular formula is C21H26FN3OS. The summed E-state index contributed by atoms with van der Waals surface area (Å²) in [5.41, 5.74) is 1.25. The van der Waals surface area contributed by atoms with Crippen molar-refractivity contribution in [1.82, 2.24) is 10.3 Å². The minimum atomic E-state index is -0.238. The van der Waals surface area contributed by atoms with Gasteiger partial charge in [0.05, 0.1) is 5.69 Å². The second-order valence-corrected chi connectivity index (χ2v) is 8.44. The second-order valence-electron chi connectivity index (χ2n) is 7.60. The van der Waals surface area contributed by atoms with Crippen LogP contribution in [0, 0.1) is 11.7 Å². The zero-order valence-electron chi connectivity index (χ0n) is 15.5. The van der Waals surface area contributed by atoms with Gasteiger partial charge in [-0.1, -0.05) is 31.4 Å². The molecule has 2 fully saturated rings. The quantitative estimate of drug-likeness (QED) is 0.833. The van der Waals surface area contributed by atoms with Crippen molar-refractivity contribution in [3.8, 4) is 11.3 Å². The van der Waals surface area contributed by atoms with Crippen molar-refractivity contribution in [2.45, 2.75) is 51.0 Å². The Morgan fingerprint density at radius 1 is 1.11 bits per heavy atom. The number of benzene rings is 1. The van der Waals surface area contributed by atoms with E-state index in [9.17, 15) is 9.18 Å². The molecule has 1 aliphatic heterocycles. The monoisotopic (exact) mass is 387 g/mol. The van der Waals surface area contributed by atoms with Gasteiger partial charge >= 0.3 is 0 Å². The van der Waals surface area contributed by atoms with Gasteiger partial charge in [-0.3, -0.25) is 4.79 Å². The van der Waals surface area contributed by atoms with Crippen molar-refractivity contribution in [3.05, 3.63) is 35.5 Å². The Hall–Kier alpha value is -1.95. The summed E-state index contributed by atoms with van der Waals surface area (Å²) < 4.78 is 14.0. The van der Waals surface area contributed by atoms with Crippen LogP contribution in [0.4, 0.5) is 9.52 Å². The van der Waals surface area contributed by atoms with Gasteiger partial charge in [-0.15, -0.1) is 11.3 Å². The number of anilines is 1. The first-order valence-corrected chi connectivity index (χ1v) is 10.8. The summed E-state index contributed by atoms with van der Waals surface area (Å²) in [4.78, 5) is 19.3. The normalized spacial score (nSPS) is 19.2. The lowest BCUT2D eigenvalue weighted by Gasteiger charge is -2.33. The summed E-state index contributed by atoms with van der Waals surface area (Å²) in [7, 11) is 0. The van der Waals surface area contributed by atoms with Crippen LogP contribution in [0.5, 0.6) is 0 Å². The van der Waals surface area contributed by atoms with Crippen LogP contribution in [0.3, 0.4) is 0 Å². The number of nitrogens with zero attached hydrogens (tertiary/aromatic N) is 2. The number of piperidine rings is 1. The van der Waals surface area contributed by atoms with Crippen LogP contribution in [0.1, 0.15) is 44.9 Å². The maximum absolute atomic E-state index is 14.0. The van der Waals surface area contributed by atoms with E-state index >= 15 is 0 Å². The zero-order chi connectivity index (χ0) is 18.6. The summed E-state index contributed by atoms with van der Waals surface area (Å²) in [6, 6.07) is 7.02. The molecule has 0 spiro atoms. The van der Waals surface area contributed by atoms with E-state index in [2.05, 4.69) is 15.2 Å². The number of nitrogens with one attached hydrogen (secondary N) is 1. The van der Waals surface area contributed by atoms with Gasteiger partial charge in [0.15, 0.2) is 5.13 Å². The number of halogens is 1. The molecule has 27 heavy (non-hydrogen) atoms. The van der Waals surface area contributed by atoms with Crippen LogP contribution in [-0.4, -0.2) is 30.0 Å². The van der Waals surface area contributed by atoms with Gasteiger partial charge in [0, 0.05) is 36.0 Å². The number of rotatable bonds is 4. The van der Waals surface area contributed by atoms with Crippen LogP contribution >= 0.6 is 11.3 Å². The van der Waals surface area contributed by atoms with Gasteiger partial charge in [0.2, 0.25) is 5.91 Å². The lowest BCUT2D eigenvalue weighted by atomic mass is 9.88. The first-order valence-electron chi connectivity index (χ1n) is 9.96. The predicted octanol–water partition coefficient (Wildman–Crippen LogP) is 4.61. The van der Waals surface area contributed by atoms with E-state index in [-0.39, 0.29) is 23.7 Å². The fourth-order valence-electron chi connectivity index (χ4n) is 4.10. The van der Waals surface area contributed by atoms with Gasteiger partial charge < -0.3 is 10.2 Å². The predicted molar refractivity (Wildman–Crippen MR) is 107 cm³/mol. The van der Waals surface area contributed by atoms with E-state index < -0.39 is 0 Å². The van der Waals surface area contributed by atoms with Crippen LogP contribution in [-0.2, 0) is 4.79 Å². The maximum atomic E-state index is 14.0. The third-order valence-electron chi connectivity index (χ3n) is 5.73. The van der Waals surface area contributed by atoms with Gasteiger partial charge in [0.25, 0.3) is 0 Å². The summed E-state index contributed by atoms with van der Waals surface area (Å²) in [6.45, 7) is 1.75. The summed E-state index contributed by atoms with van der Waals surface area (Å²) in [5, 5.41) is 6.12. The number of hydrogen-bond acceptors (Lipinski definition) is 4. The standard InChI is InChI=1S/C21H26FN3OS/c22-18-9-5-4-8-17(18)19-14-27-21(24-19)25-12-10-16(11-13-25)23-20(26)15-6-2-1-3-7-15/h4-5,8-9,14-16H,1-3,6-7,10-13H2,(H,23,26). The number of amides is 1. The van der Waals surface area contributed by atoms with E-state index in [0.29, 0.717) is 11.3 Å². The van der Waals surface area contributed by atoms with Crippen molar-refractivity contribution in [1.29, 1.82) is 0 Å². The van der Waals surface area contributed by atoms with E-state index in [4.69, 9.17) is 0 Å².